The average Bonchev–Trinajstić information content (AvgIpc) is 2.57. The molecule has 2 heterocycles. The normalized spacial score (nSPS) is 32.9. The number of aliphatic hydroxyl groups is 2. The number of halogens is 1. The Morgan fingerprint density at radius 1 is 1.47 bits per heavy atom. The summed E-state index contributed by atoms with van der Waals surface area (Å²) >= 11 is 9.84. The van der Waals surface area contributed by atoms with Crippen LogP contribution in [0.4, 0.5) is 4.39 Å². The molecule has 8 heteroatoms. The molecule has 4 N–H and O–H groups in total. The summed E-state index contributed by atoms with van der Waals surface area (Å²) < 4.78 is 19.6. The van der Waals surface area contributed by atoms with Crippen molar-refractivity contribution in [3.63, 3.8) is 0 Å². The molecule has 2 unspecified atom stereocenters. The minimum atomic E-state index is -1.63. The molecule has 0 amide bonds. The quantitative estimate of drug-likeness (QED) is 0.605. The standard InChI is InChI=1S/C9H11FN2O3S2/c10-5-6(14)4(2-13)15-7(5)3-1-11-9(17)12-8(3)16/h1,4-7,13-14H,2H2,(H2,11,12,16,17)/t4-,5?,6?,7+/m1/s1. The van der Waals surface area contributed by atoms with Crippen molar-refractivity contribution in [2.75, 3.05) is 6.61 Å². The third-order valence-corrected chi connectivity index (χ3v) is 3.21. The van der Waals surface area contributed by atoms with Crippen LogP contribution in [0.15, 0.2) is 6.20 Å². The first-order chi connectivity index (χ1) is 8.04. The first-order valence-electron chi connectivity index (χ1n) is 4.95. The highest BCUT2D eigenvalue weighted by Gasteiger charge is 2.45. The second kappa shape index (κ2) is 4.91. The van der Waals surface area contributed by atoms with E-state index in [1.54, 1.807) is 0 Å². The predicted molar refractivity (Wildman–Crippen MR) is 62.4 cm³/mol. The van der Waals surface area contributed by atoms with E-state index in [2.05, 4.69) is 9.97 Å². The van der Waals surface area contributed by atoms with E-state index >= 15 is 0 Å². The van der Waals surface area contributed by atoms with Gasteiger partial charge in [0, 0.05) is 11.8 Å². The van der Waals surface area contributed by atoms with Crippen molar-refractivity contribution < 1.29 is 19.3 Å². The maximum atomic E-state index is 13.8. The number of hydrogen-bond donors (Lipinski definition) is 4. The van der Waals surface area contributed by atoms with Gasteiger partial charge in [-0.2, -0.15) is 0 Å². The lowest BCUT2D eigenvalue weighted by Gasteiger charge is -2.12. The van der Waals surface area contributed by atoms with Crippen LogP contribution in [-0.4, -0.2) is 45.2 Å². The molecule has 0 bridgehead atoms. The Morgan fingerprint density at radius 2 is 2.18 bits per heavy atom. The lowest BCUT2D eigenvalue weighted by molar-refractivity contribution is -0.0229. The van der Waals surface area contributed by atoms with Crippen LogP contribution in [0, 0.1) is 9.41 Å². The van der Waals surface area contributed by atoms with Crippen molar-refractivity contribution in [3.05, 3.63) is 21.2 Å². The molecule has 0 spiro atoms. The summed E-state index contributed by atoms with van der Waals surface area (Å²) in [7, 11) is 0. The predicted octanol–water partition coefficient (Wildman–Crippen LogP) is 0.933. The summed E-state index contributed by atoms with van der Waals surface area (Å²) in [5, 5.41) is 18.4. The summed E-state index contributed by atoms with van der Waals surface area (Å²) in [5.74, 6) is 0. The lowest BCUT2D eigenvalue weighted by Crippen LogP contribution is -2.30. The fourth-order valence-corrected chi connectivity index (χ4v) is 2.26. The molecule has 1 aromatic heterocycles. The van der Waals surface area contributed by atoms with Crippen LogP contribution >= 0.6 is 24.4 Å². The molecule has 5 nitrogen and oxygen atoms in total. The molecule has 0 aliphatic carbocycles. The van der Waals surface area contributed by atoms with Crippen molar-refractivity contribution in [1.82, 2.24) is 9.97 Å². The van der Waals surface area contributed by atoms with Gasteiger partial charge >= 0.3 is 0 Å². The number of ether oxygens (including phenoxy) is 1. The maximum absolute atomic E-state index is 13.8. The Balaban J connectivity index is 2.35. The maximum Gasteiger partial charge on any atom is 0.175 e. The third kappa shape index (κ3) is 2.31. The zero-order chi connectivity index (χ0) is 12.6. The monoisotopic (exact) mass is 278 g/mol. The second-order valence-electron chi connectivity index (χ2n) is 3.74. The zero-order valence-electron chi connectivity index (χ0n) is 8.59. The Morgan fingerprint density at radius 3 is 2.71 bits per heavy atom. The number of hydrogen-bond acceptors (Lipinski definition) is 5. The highest BCUT2D eigenvalue weighted by Crippen LogP contribution is 2.35. The summed E-state index contributed by atoms with van der Waals surface area (Å²) in [4.78, 5) is 5.35. The van der Waals surface area contributed by atoms with Crippen molar-refractivity contribution in [1.29, 1.82) is 0 Å². The molecular weight excluding hydrogens is 267 g/mol. The van der Waals surface area contributed by atoms with Gasteiger partial charge in [0.2, 0.25) is 0 Å². The number of H-pyrrole nitrogens is 2. The van der Waals surface area contributed by atoms with Gasteiger partial charge in [-0.25, -0.2) is 4.39 Å². The number of nitrogens with one attached hydrogen (secondary N) is 2. The molecular formula is C9H11FN2O3S2. The fourth-order valence-electron chi connectivity index (χ4n) is 1.76. The summed E-state index contributed by atoms with van der Waals surface area (Å²) in [6, 6.07) is 0. The van der Waals surface area contributed by atoms with Crippen LogP contribution in [0.1, 0.15) is 11.7 Å². The molecule has 0 aromatic carbocycles. The van der Waals surface area contributed by atoms with Gasteiger partial charge in [0.25, 0.3) is 0 Å². The third-order valence-electron chi connectivity index (χ3n) is 2.65. The Kier molecular flexibility index (Phi) is 3.69. The molecule has 17 heavy (non-hydrogen) atoms. The van der Waals surface area contributed by atoms with Crippen LogP contribution in [0.3, 0.4) is 0 Å². The van der Waals surface area contributed by atoms with E-state index in [1.807, 2.05) is 0 Å². The molecule has 2 rings (SSSR count). The van der Waals surface area contributed by atoms with E-state index < -0.39 is 31.1 Å². The number of rotatable bonds is 2. The molecule has 1 saturated heterocycles. The van der Waals surface area contributed by atoms with Crippen LogP contribution in [-0.2, 0) is 4.74 Å². The molecule has 94 valence electrons. The van der Waals surface area contributed by atoms with Crippen molar-refractivity contribution in [2.24, 2.45) is 0 Å². The van der Waals surface area contributed by atoms with E-state index in [0.717, 1.165) is 0 Å². The number of aromatic amines is 2. The topological polar surface area (TPSA) is 81.3 Å². The molecule has 1 aromatic rings. The molecule has 4 atom stereocenters. The van der Waals surface area contributed by atoms with Crippen LogP contribution < -0.4 is 0 Å². The first-order valence-corrected chi connectivity index (χ1v) is 5.76. The minimum absolute atomic E-state index is 0.257. The number of aromatic nitrogens is 2. The summed E-state index contributed by atoms with van der Waals surface area (Å²) in [5.41, 5.74) is 0.371. The van der Waals surface area contributed by atoms with Gasteiger partial charge < -0.3 is 24.9 Å². The van der Waals surface area contributed by atoms with Gasteiger partial charge in [-0.15, -0.1) is 0 Å². The summed E-state index contributed by atoms with van der Waals surface area (Å²) in [6.07, 6.45) is -3.48. The first kappa shape index (κ1) is 12.8. The highest BCUT2D eigenvalue weighted by atomic mass is 32.1. The largest absolute Gasteiger partial charge is 0.394 e. The van der Waals surface area contributed by atoms with E-state index in [1.165, 1.54) is 6.20 Å². The van der Waals surface area contributed by atoms with Gasteiger partial charge in [-0.1, -0.05) is 12.2 Å². The van der Waals surface area contributed by atoms with E-state index in [0.29, 0.717) is 10.3 Å². The molecule has 0 saturated carbocycles. The lowest BCUT2D eigenvalue weighted by atomic mass is 10.1. The Labute approximate surface area is 106 Å². The van der Waals surface area contributed by atoms with Gasteiger partial charge in [-0.3, -0.25) is 0 Å². The zero-order valence-corrected chi connectivity index (χ0v) is 10.2. The van der Waals surface area contributed by atoms with Crippen LogP contribution in [0.2, 0.25) is 0 Å². The van der Waals surface area contributed by atoms with Crippen molar-refractivity contribution in [3.8, 4) is 0 Å². The van der Waals surface area contributed by atoms with Gasteiger partial charge in [0.05, 0.1) is 6.61 Å². The van der Waals surface area contributed by atoms with Crippen LogP contribution in [0.5, 0.6) is 0 Å². The van der Waals surface area contributed by atoms with Gasteiger partial charge in [0.1, 0.15) is 23.0 Å². The fraction of sp³-hybridized carbons (Fsp3) is 0.556. The van der Waals surface area contributed by atoms with Crippen molar-refractivity contribution >= 4 is 24.4 Å². The Bertz CT molecular complexity index is 517. The second-order valence-corrected chi connectivity index (χ2v) is 4.56. The van der Waals surface area contributed by atoms with Crippen LogP contribution in [0.25, 0.3) is 0 Å². The molecule has 1 aliphatic heterocycles. The SMILES string of the molecule is OC[C@H]1O[C@@H](c2c[nH]c(=S)[nH]c2=S)C(F)C1O. The Hall–Kier alpha value is -0.670. The average molecular weight is 278 g/mol. The molecule has 1 aliphatic rings. The van der Waals surface area contributed by atoms with E-state index in [-0.39, 0.29) is 4.64 Å². The minimum Gasteiger partial charge on any atom is -0.394 e. The smallest absolute Gasteiger partial charge is 0.175 e. The molecule has 1 fully saturated rings. The highest BCUT2D eigenvalue weighted by molar-refractivity contribution is 7.72. The number of aliphatic hydroxyl groups excluding tert-OH is 2. The van der Waals surface area contributed by atoms with E-state index in [4.69, 9.17) is 34.3 Å². The van der Waals surface area contributed by atoms with Gasteiger partial charge in [0.15, 0.2) is 10.9 Å². The number of alkyl halides is 1. The van der Waals surface area contributed by atoms with Crippen molar-refractivity contribution in [2.45, 2.75) is 24.5 Å². The molecule has 0 radical (unpaired) electrons. The van der Waals surface area contributed by atoms with E-state index in [9.17, 15) is 9.50 Å². The summed E-state index contributed by atoms with van der Waals surface area (Å²) in [6.45, 7) is -0.447. The van der Waals surface area contributed by atoms with Gasteiger partial charge in [-0.05, 0) is 12.2 Å².